The molecule has 31 heavy (non-hydrogen) atoms. The summed E-state index contributed by atoms with van der Waals surface area (Å²) in [5.41, 5.74) is 2.84. The van der Waals surface area contributed by atoms with Crippen LogP contribution in [0.4, 0.5) is 17.5 Å². The van der Waals surface area contributed by atoms with E-state index in [-0.39, 0.29) is 5.91 Å². The van der Waals surface area contributed by atoms with Crippen molar-refractivity contribution in [3.05, 3.63) is 96.7 Å². The van der Waals surface area contributed by atoms with Crippen LogP contribution >= 0.6 is 0 Å². The molecule has 0 aliphatic carbocycles. The average Bonchev–Trinajstić information content (AvgIpc) is 2.84. The monoisotopic (exact) mass is 410 g/mol. The van der Waals surface area contributed by atoms with E-state index in [2.05, 4.69) is 31.1 Å². The van der Waals surface area contributed by atoms with E-state index in [0.717, 1.165) is 11.1 Å². The molecule has 7 nitrogen and oxygen atoms in total. The fourth-order valence-corrected chi connectivity index (χ4v) is 2.97. The Labute approximate surface area is 180 Å². The van der Waals surface area contributed by atoms with Gasteiger partial charge in [-0.25, -0.2) is 4.98 Å². The lowest BCUT2D eigenvalue weighted by Crippen LogP contribution is -2.28. The van der Waals surface area contributed by atoms with Gasteiger partial charge in [0.1, 0.15) is 11.6 Å². The van der Waals surface area contributed by atoms with Crippen molar-refractivity contribution in [2.75, 3.05) is 23.7 Å². The van der Waals surface area contributed by atoms with Gasteiger partial charge in [-0.15, -0.1) is 10.2 Å². The van der Waals surface area contributed by atoms with Gasteiger partial charge in [-0.1, -0.05) is 48.5 Å². The van der Waals surface area contributed by atoms with Crippen LogP contribution in [0.15, 0.2) is 91.1 Å². The van der Waals surface area contributed by atoms with Crippen molar-refractivity contribution in [1.82, 2.24) is 20.5 Å². The number of hydrogen-bond acceptors (Lipinski definition) is 6. The molecule has 1 amide bonds. The molecule has 0 aliphatic heterocycles. The first-order chi connectivity index (χ1) is 15.3. The van der Waals surface area contributed by atoms with Gasteiger partial charge in [0, 0.05) is 24.8 Å². The van der Waals surface area contributed by atoms with Gasteiger partial charge in [-0.3, -0.25) is 4.79 Å². The summed E-state index contributed by atoms with van der Waals surface area (Å²) < 4.78 is 0. The minimum Gasteiger partial charge on any atom is -0.367 e. The van der Waals surface area contributed by atoms with E-state index < -0.39 is 0 Å². The summed E-state index contributed by atoms with van der Waals surface area (Å²) in [6.07, 6.45) is 1.71. The second kappa shape index (κ2) is 9.98. The molecule has 2 heterocycles. The third kappa shape index (κ3) is 5.63. The van der Waals surface area contributed by atoms with Crippen LogP contribution in [0.25, 0.3) is 11.1 Å². The lowest BCUT2D eigenvalue weighted by atomic mass is 10.0. The number of anilines is 3. The summed E-state index contributed by atoms with van der Waals surface area (Å²) in [4.78, 5) is 16.5. The third-order valence-electron chi connectivity index (χ3n) is 4.56. The molecular weight excluding hydrogens is 388 g/mol. The first-order valence-corrected chi connectivity index (χ1v) is 9.97. The number of nitrogens with zero attached hydrogens (tertiary/aromatic N) is 3. The van der Waals surface area contributed by atoms with Crippen molar-refractivity contribution < 1.29 is 4.79 Å². The van der Waals surface area contributed by atoms with Crippen molar-refractivity contribution in [2.45, 2.75) is 0 Å². The number of carbonyl (C=O) groups excluding carboxylic acids is 1. The summed E-state index contributed by atoms with van der Waals surface area (Å²) >= 11 is 0. The van der Waals surface area contributed by atoms with Gasteiger partial charge in [0.2, 0.25) is 0 Å². The maximum Gasteiger partial charge on any atom is 0.251 e. The normalized spacial score (nSPS) is 10.3. The topological polar surface area (TPSA) is 91.8 Å². The van der Waals surface area contributed by atoms with Crippen LogP contribution in [0.1, 0.15) is 10.4 Å². The number of hydrogen-bond donors (Lipinski definition) is 3. The van der Waals surface area contributed by atoms with Crippen molar-refractivity contribution in [1.29, 1.82) is 0 Å². The van der Waals surface area contributed by atoms with E-state index in [4.69, 9.17) is 0 Å². The maximum atomic E-state index is 12.3. The standard InChI is InChI=1S/C24H22N6O/c31-24(20-11-9-19(10-12-20)18-6-2-1-3-7-18)27-17-16-26-22-13-14-23(30-29-22)28-21-8-4-5-15-25-21/h1-15H,16-17H2,(H,26,29)(H,27,31)(H,25,28,30). The number of nitrogens with one attached hydrogen (secondary N) is 3. The summed E-state index contributed by atoms with van der Waals surface area (Å²) in [7, 11) is 0. The van der Waals surface area contributed by atoms with Crippen LogP contribution in [0, 0.1) is 0 Å². The summed E-state index contributed by atoms with van der Waals surface area (Å²) in [6, 6.07) is 26.9. The molecule has 0 saturated carbocycles. The quantitative estimate of drug-likeness (QED) is 0.379. The van der Waals surface area contributed by atoms with E-state index in [9.17, 15) is 4.79 Å². The van der Waals surface area contributed by atoms with Gasteiger partial charge in [-0.2, -0.15) is 0 Å². The van der Waals surface area contributed by atoms with Crippen molar-refractivity contribution in [3.8, 4) is 11.1 Å². The third-order valence-corrected chi connectivity index (χ3v) is 4.56. The molecule has 7 heteroatoms. The molecule has 0 spiro atoms. The zero-order chi connectivity index (χ0) is 21.3. The average molecular weight is 410 g/mol. The second-order valence-electron chi connectivity index (χ2n) is 6.77. The molecule has 0 radical (unpaired) electrons. The molecule has 4 rings (SSSR count). The molecule has 0 aliphatic rings. The van der Waals surface area contributed by atoms with Gasteiger partial charge >= 0.3 is 0 Å². The Hall–Kier alpha value is -4.26. The lowest BCUT2D eigenvalue weighted by molar-refractivity contribution is 0.0955. The molecule has 0 bridgehead atoms. The SMILES string of the molecule is O=C(NCCNc1ccc(Nc2ccccn2)nn1)c1ccc(-c2ccccc2)cc1. The number of aromatic nitrogens is 3. The van der Waals surface area contributed by atoms with Crippen molar-refractivity contribution >= 4 is 23.4 Å². The molecule has 154 valence electrons. The van der Waals surface area contributed by atoms with Crippen LogP contribution < -0.4 is 16.0 Å². The molecule has 0 fully saturated rings. The maximum absolute atomic E-state index is 12.3. The number of benzene rings is 2. The molecule has 3 N–H and O–H groups in total. The van der Waals surface area contributed by atoms with Gasteiger partial charge in [0.15, 0.2) is 5.82 Å². The fourth-order valence-electron chi connectivity index (χ4n) is 2.97. The van der Waals surface area contributed by atoms with Crippen LogP contribution in [-0.2, 0) is 0 Å². The van der Waals surface area contributed by atoms with Crippen molar-refractivity contribution in [3.63, 3.8) is 0 Å². The summed E-state index contributed by atoms with van der Waals surface area (Å²) in [5, 5.41) is 17.4. The second-order valence-corrected chi connectivity index (χ2v) is 6.77. The first kappa shape index (κ1) is 20.0. The lowest BCUT2D eigenvalue weighted by Gasteiger charge is -2.09. The molecular formula is C24H22N6O. The number of amides is 1. The Balaban J connectivity index is 1.22. The fraction of sp³-hybridized carbons (Fsp3) is 0.0833. The van der Waals surface area contributed by atoms with Crippen molar-refractivity contribution in [2.24, 2.45) is 0 Å². The largest absolute Gasteiger partial charge is 0.367 e. The number of pyridine rings is 1. The van der Waals surface area contributed by atoms with E-state index in [1.54, 1.807) is 6.20 Å². The van der Waals surface area contributed by atoms with Crippen LogP contribution in [0.2, 0.25) is 0 Å². The van der Waals surface area contributed by atoms with Gasteiger partial charge in [0.05, 0.1) is 0 Å². The zero-order valence-corrected chi connectivity index (χ0v) is 16.8. The highest BCUT2D eigenvalue weighted by molar-refractivity contribution is 5.94. The van der Waals surface area contributed by atoms with E-state index in [1.807, 2.05) is 84.9 Å². The molecule has 2 aromatic heterocycles. The molecule has 0 atom stereocenters. The van der Waals surface area contributed by atoms with Crippen LogP contribution in [-0.4, -0.2) is 34.2 Å². The first-order valence-electron chi connectivity index (χ1n) is 9.97. The molecule has 2 aromatic carbocycles. The number of rotatable bonds is 8. The predicted octanol–water partition coefficient (Wildman–Crippen LogP) is 4.12. The highest BCUT2D eigenvalue weighted by Gasteiger charge is 2.06. The Morgan fingerprint density at radius 3 is 2.10 bits per heavy atom. The Kier molecular flexibility index (Phi) is 6.45. The van der Waals surface area contributed by atoms with Crippen LogP contribution in [0.3, 0.4) is 0 Å². The molecule has 0 unspecified atom stereocenters. The van der Waals surface area contributed by atoms with Gasteiger partial charge < -0.3 is 16.0 Å². The van der Waals surface area contributed by atoms with E-state index >= 15 is 0 Å². The van der Waals surface area contributed by atoms with Gasteiger partial charge in [0.25, 0.3) is 5.91 Å². The molecule has 0 saturated heterocycles. The molecule has 4 aromatic rings. The summed E-state index contributed by atoms with van der Waals surface area (Å²) in [6.45, 7) is 1.00. The number of carbonyl (C=O) groups is 1. The van der Waals surface area contributed by atoms with Crippen LogP contribution in [0.5, 0.6) is 0 Å². The predicted molar refractivity (Wildman–Crippen MR) is 122 cm³/mol. The van der Waals surface area contributed by atoms with Gasteiger partial charge in [-0.05, 0) is 47.5 Å². The smallest absolute Gasteiger partial charge is 0.251 e. The highest BCUT2D eigenvalue weighted by Crippen LogP contribution is 2.19. The minimum absolute atomic E-state index is 0.109. The Morgan fingerprint density at radius 1 is 0.677 bits per heavy atom. The van der Waals surface area contributed by atoms with E-state index in [1.165, 1.54) is 0 Å². The highest BCUT2D eigenvalue weighted by atomic mass is 16.1. The minimum atomic E-state index is -0.109. The Morgan fingerprint density at radius 2 is 1.39 bits per heavy atom. The van der Waals surface area contributed by atoms with E-state index in [0.29, 0.717) is 36.1 Å². The summed E-state index contributed by atoms with van der Waals surface area (Å²) in [5.74, 6) is 1.84. The Bertz CT molecular complexity index is 1100. The zero-order valence-electron chi connectivity index (χ0n) is 16.8.